The average molecular weight is 425 g/mol. The summed E-state index contributed by atoms with van der Waals surface area (Å²) in [5.74, 6) is 0.650. The molecule has 0 fully saturated rings. The first-order valence-corrected chi connectivity index (χ1v) is 14.5. The summed E-state index contributed by atoms with van der Waals surface area (Å²) in [5, 5.41) is 0. The van der Waals surface area contributed by atoms with E-state index in [4.69, 9.17) is 4.99 Å². The van der Waals surface area contributed by atoms with Gasteiger partial charge in [-0.1, -0.05) is 89.2 Å². The summed E-state index contributed by atoms with van der Waals surface area (Å²) in [7, 11) is -5.44. The van der Waals surface area contributed by atoms with Crippen LogP contribution in [0.3, 0.4) is 0 Å². The summed E-state index contributed by atoms with van der Waals surface area (Å²) in [6.07, 6.45) is 2.01. The van der Waals surface area contributed by atoms with Crippen molar-refractivity contribution in [2.24, 2.45) is 4.99 Å². The van der Waals surface area contributed by atoms with Crippen molar-refractivity contribution in [2.75, 3.05) is 6.54 Å². The van der Waals surface area contributed by atoms with Crippen molar-refractivity contribution >= 4 is 23.9 Å². The van der Waals surface area contributed by atoms with Crippen molar-refractivity contribution in [3.05, 3.63) is 29.8 Å². The largest absolute Gasteiger partial charge is 0.272 e. The van der Waals surface area contributed by atoms with Crippen LogP contribution in [0.5, 0.6) is 0 Å². The van der Waals surface area contributed by atoms with E-state index in [1.54, 1.807) is 12.1 Å². The van der Waals surface area contributed by atoms with E-state index in [1.807, 2.05) is 19.1 Å². The summed E-state index contributed by atoms with van der Waals surface area (Å²) in [6.45, 7) is 18.5. The van der Waals surface area contributed by atoms with Crippen molar-refractivity contribution in [1.29, 1.82) is 0 Å². The van der Waals surface area contributed by atoms with Gasteiger partial charge in [0.25, 0.3) is 10.0 Å². The molecule has 160 valence electrons. The zero-order valence-electron chi connectivity index (χ0n) is 19.0. The lowest BCUT2D eigenvalue weighted by atomic mass is 10.2. The van der Waals surface area contributed by atoms with Gasteiger partial charge in [-0.05, 0) is 25.5 Å². The first-order valence-electron chi connectivity index (χ1n) is 10.6. The predicted octanol–water partition coefficient (Wildman–Crippen LogP) is 6.15. The summed E-state index contributed by atoms with van der Waals surface area (Å²) in [4.78, 5) is 5.03. The van der Waals surface area contributed by atoms with Gasteiger partial charge in [-0.3, -0.25) is 9.71 Å². The van der Waals surface area contributed by atoms with Gasteiger partial charge in [0.05, 0.1) is 13.0 Å². The van der Waals surface area contributed by atoms with Gasteiger partial charge < -0.3 is 0 Å². The molecule has 1 rings (SSSR count). The van der Waals surface area contributed by atoms with Gasteiger partial charge in [0.1, 0.15) is 5.84 Å². The molecule has 0 spiro atoms. The van der Waals surface area contributed by atoms with E-state index >= 15 is 0 Å². The zero-order chi connectivity index (χ0) is 21.5. The fourth-order valence-electron chi connectivity index (χ4n) is 4.33. The highest BCUT2D eigenvalue weighted by atomic mass is 32.2. The maximum atomic E-state index is 13.0. The number of hydrogen-bond donors (Lipinski definition) is 1. The van der Waals surface area contributed by atoms with Crippen molar-refractivity contribution in [3.8, 4) is 0 Å². The van der Waals surface area contributed by atoms with Gasteiger partial charge in [0.15, 0.2) is 0 Å². The van der Waals surface area contributed by atoms with Crippen molar-refractivity contribution in [3.63, 3.8) is 0 Å². The third-order valence-corrected chi connectivity index (χ3v) is 14.9. The summed E-state index contributed by atoms with van der Waals surface area (Å²) in [6, 6.07) is 7.77. The number of aryl methyl sites for hydroxylation is 1. The SMILES string of the molecule is CCCCN=C(C[Si](C(C)C)(C(C)C)C(C)C)NS(=O)(=O)c1ccc(C)cc1. The molecule has 0 saturated heterocycles. The lowest BCUT2D eigenvalue weighted by Gasteiger charge is -2.43. The lowest BCUT2D eigenvalue weighted by Crippen LogP contribution is -2.49. The van der Waals surface area contributed by atoms with Crippen molar-refractivity contribution < 1.29 is 8.42 Å². The molecule has 1 aromatic carbocycles. The number of aliphatic imine (C=N–C) groups is 1. The predicted molar refractivity (Wildman–Crippen MR) is 125 cm³/mol. The van der Waals surface area contributed by atoms with Gasteiger partial charge in [-0.2, -0.15) is 0 Å². The second kappa shape index (κ2) is 10.6. The molecular weight excluding hydrogens is 384 g/mol. The minimum absolute atomic E-state index is 0.298. The monoisotopic (exact) mass is 424 g/mol. The Balaban J connectivity index is 3.28. The molecule has 0 atom stereocenters. The number of benzene rings is 1. The smallest absolute Gasteiger partial charge is 0.262 e. The minimum atomic E-state index is -3.62. The minimum Gasteiger partial charge on any atom is -0.272 e. The molecule has 1 aromatic rings. The number of sulfonamides is 1. The molecule has 0 saturated carbocycles. The molecule has 28 heavy (non-hydrogen) atoms. The number of unbranched alkanes of at least 4 members (excludes halogenated alkanes) is 1. The summed E-state index contributed by atoms with van der Waals surface area (Å²) >= 11 is 0. The normalized spacial score (nSPS) is 13.6. The Hall–Kier alpha value is -1.14. The number of nitrogens with zero attached hydrogens (tertiary/aromatic N) is 1. The topological polar surface area (TPSA) is 58.5 Å². The molecule has 0 unspecified atom stereocenters. The number of hydrogen-bond acceptors (Lipinski definition) is 3. The highest BCUT2D eigenvalue weighted by molar-refractivity contribution is 7.90. The van der Waals surface area contributed by atoms with Crippen LogP contribution < -0.4 is 4.72 Å². The van der Waals surface area contributed by atoms with Crippen LogP contribution in [0.1, 0.15) is 66.9 Å². The Labute approximate surface area is 174 Å². The van der Waals surface area contributed by atoms with E-state index < -0.39 is 18.1 Å². The Bertz CT molecular complexity index is 717. The quantitative estimate of drug-likeness (QED) is 0.212. The Morgan fingerprint density at radius 3 is 1.93 bits per heavy atom. The highest BCUT2D eigenvalue weighted by Crippen LogP contribution is 2.44. The molecule has 0 radical (unpaired) electrons. The fourth-order valence-corrected chi connectivity index (χ4v) is 11.5. The molecule has 0 aliphatic rings. The first-order chi connectivity index (χ1) is 13.0. The third-order valence-electron chi connectivity index (χ3n) is 6.10. The lowest BCUT2D eigenvalue weighted by molar-refractivity contribution is 0.592. The van der Waals surface area contributed by atoms with E-state index in [2.05, 4.69) is 53.2 Å². The van der Waals surface area contributed by atoms with Crippen LogP contribution in [0.15, 0.2) is 34.2 Å². The van der Waals surface area contributed by atoms with Crippen LogP contribution in [0, 0.1) is 6.92 Å². The Morgan fingerprint density at radius 1 is 1.00 bits per heavy atom. The third kappa shape index (κ3) is 6.18. The van der Waals surface area contributed by atoms with Gasteiger partial charge in [-0.25, -0.2) is 8.42 Å². The van der Waals surface area contributed by atoms with Crippen molar-refractivity contribution in [1.82, 2.24) is 4.72 Å². The molecule has 0 aromatic heterocycles. The second-order valence-corrected chi connectivity index (χ2v) is 16.6. The van der Waals surface area contributed by atoms with Crippen LogP contribution >= 0.6 is 0 Å². The number of amidine groups is 1. The van der Waals surface area contributed by atoms with Crippen LogP contribution in [0.2, 0.25) is 22.7 Å². The molecule has 0 aliphatic carbocycles. The van der Waals surface area contributed by atoms with E-state index in [-0.39, 0.29) is 0 Å². The van der Waals surface area contributed by atoms with Crippen LogP contribution in [0.25, 0.3) is 0 Å². The molecule has 0 heterocycles. The van der Waals surface area contributed by atoms with E-state index in [1.165, 1.54) is 0 Å². The molecule has 4 nitrogen and oxygen atoms in total. The van der Waals surface area contributed by atoms with Gasteiger partial charge in [0.2, 0.25) is 0 Å². The number of nitrogens with one attached hydrogen (secondary N) is 1. The zero-order valence-corrected chi connectivity index (χ0v) is 20.9. The van der Waals surface area contributed by atoms with E-state index in [0.29, 0.717) is 33.9 Å². The maximum Gasteiger partial charge on any atom is 0.262 e. The summed E-state index contributed by atoms with van der Waals surface area (Å²) in [5.41, 5.74) is 2.69. The van der Waals surface area contributed by atoms with Crippen LogP contribution in [-0.2, 0) is 10.0 Å². The molecule has 6 heteroatoms. The molecule has 0 amide bonds. The standard InChI is InChI=1S/C22H40N2O2SSi/c1-9-10-15-23-22(16-28(17(2)3,18(4)5)19(6)7)24-27(25,26)21-13-11-20(8)12-14-21/h11-14,17-19H,9-10,15-16H2,1-8H3,(H,23,24). The van der Waals surface area contributed by atoms with Crippen LogP contribution in [-0.4, -0.2) is 28.9 Å². The Morgan fingerprint density at radius 2 is 1.50 bits per heavy atom. The van der Waals surface area contributed by atoms with Gasteiger partial charge in [-0.15, -0.1) is 0 Å². The van der Waals surface area contributed by atoms with Gasteiger partial charge >= 0.3 is 0 Å². The molecule has 1 N–H and O–H groups in total. The Kier molecular flexibility index (Phi) is 9.41. The van der Waals surface area contributed by atoms with Crippen molar-refractivity contribution in [2.45, 2.75) is 95.8 Å². The average Bonchev–Trinajstić information content (AvgIpc) is 2.58. The molecule has 0 bridgehead atoms. The fraction of sp³-hybridized carbons (Fsp3) is 0.682. The second-order valence-electron chi connectivity index (χ2n) is 8.85. The van der Waals surface area contributed by atoms with Crippen LogP contribution in [0.4, 0.5) is 0 Å². The van der Waals surface area contributed by atoms with E-state index in [0.717, 1.165) is 24.4 Å². The first kappa shape index (κ1) is 24.9. The number of rotatable bonds is 10. The summed E-state index contributed by atoms with van der Waals surface area (Å²) < 4.78 is 28.9. The molecule has 0 aliphatic heterocycles. The maximum absolute atomic E-state index is 13.0. The van der Waals surface area contributed by atoms with E-state index in [9.17, 15) is 8.42 Å². The van der Waals surface area contributed by atoms with Gasteiger partial charge in [0, 0.05) is 12.6 Å². The highest BCUT2D eigenvalue weighted by Gasteiger charge is 2.43. The molecular formula is C22H40N2O2SSi.